The summed E-state index contributed by atoms with van der Waals surface area (Å²) in [4.78, 5) is 2.28. The van der Waals surface area contributed by atoms with E-state index in [1.54, 1.807) is 0 Å². The molecule has 0 radical (unpaired) electrons. The van der Waals surface area contributed by atoms with E-state index in [4.69, 9.17) is 0 Å². The lowest BCUT2D eigenvalue weighted by atomic mass is 10.2. The van der Waals surface area contributed by atoms with Crippen LogP contribution in [0.4, 0.5) is 18.9 Å². The summed E-state index contributed by atoms with van der Waals surface area (Å²) in [5.41, 5.74) is 1.90. The molecule has 0 aliphatic carbocycles. The Bertz CT molecular complexity index is 369. The average molecular weight is 259 g/mol. The molecule has 18 heavy (non-hydrogen) atoms. The molecule has 1 aliphatic heterocycles. The molecule has 2 nitrogen and oxygen atoms in total. The van der Waals surface area contributed by atoms with Gasteiger partial charge >= 0.3 is 6.18 Å². The highest BCUT2D eigenvalue weighted by molar-refractivity contribution is 5.48. The van der Waals surface area contributed by atoms with Crippen molar-refractivity contribution in [1.82, 2.24) is 0 Å². The van der Waals surface area contributed by atoms with Crippen LogP contribution in [0.3, 0.4) is 0 Å². The predicted octanol–water partition coefficient (Wildman–Crippen LogP) is 3.37. The first kappa shape index (κ1) is 13.2. The molecule has 0 spiro atoms. The number of nitrogens with zero attached hydrogens (tertiary/aromatic N) is 1. The molecule has 1 fully saturated rings. The smallest absolute Gasteiger partial charge is 0.372 e. The van der Waals surface area contributed by atoms with Gasteiger partial charge in [0.25, 0.3) is 0 Å². The molecule has 1 aromatic carbocycles. The third-order valence-electron chi connectivity index (χ3n) is 2.94. The molecule has 0 unspecified atom stereocenters. The Hall–Kier alpha value is -1.23. The summed E-state index contributed by atoms with van der Waals surface area (Å²) in [5.74, 6) is 0. The SMILES string of the molecule is FC(F)(F)COCc1ccc(N2CCCC2)cc1. The number of hydrogen-bond acceptors (Lipinski definition) is 2. The van der Waals surface area contributed by atoms with E-state index in [0.717, 1.165) is 24.3 Å². The molecule has 5 heteroatoms. The zero-order chi connectivity index (χ0) is 13.0. The fourth-order valence-electron chi connectivity index (χ4n) is 2.06. The van der Waals surface area contributed by atoms with Crippen LogP contribution in [-0.2, 0) is 11.3 Å². The standard InChI is InChI=1S/C13H16F3NO/c14-13(15,16)10-18-9-11-3-5-12(6-4-11)17-7-1-2-8-17/h3-6H,1-2,7-10H2. The van der Waals surface area contributed by atoms with Gasteiger partial charge in [-0.3, -0.25) is 0 Å². The van der Waals surface area contributed by atoms with Gasteiger partial charge in [0.05, 0.1) is 6.61 Å². The van der Waals surface area contributed by atoms with Crippen LogP contribution in [0.15, 0.2) is 24.3 Å². The molecule has 1 saturated heterocycles. The minimum absolute atomic E-state index is 0.000208. The quantitative estimate of drug-likeness (QED) is 0.822. The lowest BCUT2D eigenvalue weighted by molar-refractivity contribution is -0.176. The Morgan fingerprint density at radius 3 is 2.22 bits per heavy atom. The molecule has 0 aromatic heterocycles. The molecule has 1 heterocycles. The summed E-state index contributed by atoms with van der Waals surface area (Å²) in [6.07, 6.45) is -1.84. The van der Waals surface area contributed by atoms with Crippen LogP contribution in [0, 0.1) is 0 Å². The van der Waals surface area contributed by atoms with Crippen molar-refractivity contribution < 1.29 is 17.9 Å². The molecule has 0 atom stereocenters. The highest BCUT2D eigenvalue weighted by Gasteiger charge is 2.27. The summed E-state index contributed by atoms with van der Waals surface area (Å²) in [7, 11) is 0. The Morgan fingerprint density at radius 1 is 1.06 bits per heavy atom. The maximum atomic E-state index is 11.9. The van der Waals surface area contributed by atoms with Crippen molar-refractivity contribution >= 4 is 5.69 Å². The van der Waals surface area contributed by atoms with Crippen LogP contribution in [0.5, 0.6) is 0 Å². The van der Waals surface area contributed by atoms with Crippen LogP contribution < -0.4 is 4.90 Å². The van der Waals surface area contributed by atoms with Crippen molar-refractivity contribution in [3.05, 3.63) is 29.8 Å². The lowest BCUT2D eigenvalue weighted by Gasteiger charge is -2.17. The monoisotopic (exact) mass is 259 g/mol. The van der Waals surface area contributed by atoms with Gasteiger partial charge in [0.2, 0.25) is 0 Å². The summed E-state index contributed by atoms with van der Waals surface area (Å²) < 4.78 is 40.3. The van der Waals surface area contributed by atoms with E-state index >= 15 is 0 Å². The van der Waals surface area contributed by atoms with Gasteiger partial charge in [-0.1, -0.05) is 12.1 Å². The van der Waals surface area contributed by atoms with Crippen LogP contribution in [-0.4, -0.2) is 25.9 Å². The highest BCUT2D eigenvalue weighted by atomic mass is 19.4. The third kappa shape index (κ3) is 3.91. The first-order valence-electron chi connectivity index (χ1n) is 6.03. The van der Waals surface area contributed by atoms with Crippen molar-refractivity contribution in [1.29, 1.82) is 0 Å². The average Bonchev–Trinajstić information content (AvgIpc) is 2.82. The van der Waals surface area contributed by atoms with E-state index < -0.39 is 12.8 Å². The van der Waals surface area contributed by atoms with Crippen LogP contribution in [0.2, 0.25) is 0 Å². The number of alkyl halides is 3. The zero-order valence-corrected chi connectivity index (χ0v) is 10.0. The van der Waals surface area contributed by atoms with Gasteiger partial charge in [0.15, 0.2) is 0 Å². The van der Waals surface area contributed by atoms with Crippen molar-refractivity contribution in [2.24, 2.45) is 0 Å². The molecular weight excluding hydrogens is 243 g/mol. The zero-order valence-electron chi connectivity index (χ0n) is 10.0. The molecule has 1 aliphatic rings. The number of ether oxygens (including phenoxy) is 1. The molecule has 0 bridgehead atoms. The Balaban J connectivity index is 1.84. The first-order chi connectivity index (χ1) is 8.54. The fourth-order valence-corrected chi connectivity index (χ4v) is 2.06. The number of halogens is 3. The maximum absolute atomic E-state index is 11.9. The van der Waals surface area contributed by atoms with E-state index in [2.05, 4.69) is 9.64 Å². The Morgan fingerprint density at radius 2 is 1.67 bits per heavy atom. The lowest BCUT2D eigenvalue weighted by Crippen LogP contribution is -2.18. The topological polar surface area (TPSA) is 12.5 Å². The summed E-state index contributed by atoms with van der Waals surface area (Å²) in [6, 6.07) is 7.53. The van der Waals surface area contributed by atoms with Crippen LogP contribution in [0.1, 0.15) is 18.4 Å². The van der Waals surface area contributed by atoms with Gasteiger partial charge < -0.3 is 9.64 Å². The highest BCUT2D eigenvalue weighted by Crippen LogP contribution is 2.21. The van der Waals surface area contributed by atoms with Gasteiger partial charge in [0.1, 0.15) is 6.61 Å². The summed E-state index contributed by atoms with van der Waals surface area (Å²) in [5, 5.41) is 0. The summed E-state index contributed by atoms with van der Waals surface area (Å²) in [6.45, 7) is 0.925. The summed E-state index contributed by atoms with van der Waals surface area (Å²) >= 11 is 0. The van der Waals surface area contributed by atoms with Crippen molar-refractivity contribution in [2.45, 2.75) is 25.6 Å². The van der Waals surface area contributed by atoms with E-state index in [1.807, 2.05) is 24.3 Å². The van der Waals surface area contributed by atoms with Gasteiger partial charge in [-0.15, -0.1) is 0 Å². The van der Waals surface area contributed by atoms with Gasteiger partial charge in [-0.05, 0) is 30.5 Å². The second-order valence-corrected chi connectivity index (χ2v) is 4.47. The first-order valence-corrected chi connectivity index (χ1v) is 6.03. The molecular formula is C13H16F3NO. The van der Waals surface area contributed by atoms with Crippen LogP contribution in [0.25, 0.3) is 0 Å². The van der Waals surface area contributed by atoms with E-state index in [1.165, 1.54) is 12.8 Å². The molecule has 0 saturated carbocycles. The van der Waals surface area contributed by atoms with E-state index in [-0.39, 0.29) is 6.61 Å². The largest absolute Gasteiger partial charge is 0.411 e. The van der Waals surface area contributed by atoms with E-state index in [0.29, 0.717) is 0 Å². The number of rotatable bonds is 4. The number of benzene rings is 1. The molecule has 0 N–H and O–H groups in total. The minimum atomic E-state index is -4.25. The molecule has 100 valence electrons. The van der Waals surface area contributed by atoms with Crippen LogP contribution >= 0.6 is 0 Å². The second-order valence-electron chi connectivity index (χ2n) is 4.47. The number of hydrogen-bond donors (Lipinski definition) is 0. The predicted molar refractivity (Wildman–Crippen MR) is 63.6 cm³/mol. The molecule has 0 amide bonds. The second kappa shape index (κ2) is 5.61. The molecule has 2 rings (SSSR count). The van der Waals surface area contributed by atoms with Crippen molar-refractivity contribution in [2.75, 3.05) is 24.6 Å². The third-order valence-corrected chi connectivity index (χ3v) is 2.94. The minimum Gasteiger partial charge on any atom is -0.372 e. The molecule has 1 aromatic rings. The van der Waals surface area contributed by atoms with Crippen molar-refractivity contribution in [3.63, 3.8) is 0 Å². The Kier molecular flexibility index (Phi) is 4.11. The van der Waals surface area contributed by atoms with E-state index in [9.17, 15) is 13.2 Å². The maximum Gasteiger partial charge on any atom is 0.411 e. The van der Waals surface area contributed by atoms with Gasteiger partial charge in [0, 0.05) is 18.8 Å². The normalized spacial score (nSPS) is 16.3. The Labute approximate surface area is 104 Å². The van der Waals surface area contributed by atoms with Crippen molar-refractivity contribution in [3.8, 4) is 0 Å². The fraction of sp³-hybridized carbons (Fsp3) is 0.538. The van der Waals surface area contributed by atoms with Gasteiger partial charge in [-0.2, -0.15) is 13.2 Å². The number of anilines is 1. The van der Waals surface area contributed by atoms with Gasteiger partial charge in [-0.25, -0.2) is 0 Å².